The van der Waals surface area contributed by atoms with Crippen LogP contribution in [0.1, 0.15) is 39.2 Å². The maximum absolute atomic E-state index is 5.18. The summed E-state index contributed by atoms with van der Waals surface area (Å²) in [5.41, 5.74) is 0.982. The summed E-state index contributed by atoms with van der Waals surface area (Å²) >= 11 is 0. The van der Waals surface area contributed by atoms with Crippen molar-refractivity contribution in [1.29, 1.82) is 0 Å². The van der Waals surface area contributed by atoms with Crippen molar-refractivity contribution in [2.75, 3.05) is 7.11 Å². The maximum Gasteiger partial charge on any atom is 0.239 e. The van der Waals surface area contributed by atoms with Gasteiger partial charge in [-0.1, -0.05) is 27.7 Å². The van der Waals surface area contributed by atoms with Crippen LogP contribution in [0.2, 0.25) is 0 Å². The topological polar surface area (TPSA) is 47.9 Å². The van der Waals surface area contributed by atoms with Crippen molar-refractivity contribution < 1.29 is 4.74 Å². The van der Waals surface area contributed by atoms with E-state index in [1.807, 2.05) is 6.92 Å². The van der Waals surface area contributed by atoms with Crippen molar-refractivity contribution in [2.45, 2.75) is 40.5 Å². The quantitative estimate of drug-likeness (QED) is 0.764. The van der Waals surface area contributed by atoms with Gasteiger partial charge in [-0.3, -0.25) is 0 Å². The summed E-state index contributed by atoms with van der Waals surface area (Å²) in [6, 6.07) is 0. The minimum atomic E-state index is 0.167. The highest BCUT2D eigenvalue weighted by Gasteiger charge is 2.15. The summed E-state index contributed by atoms with van der Waals surface area (Å²) in [6.45, 7) is 8.46. The van der Waals surface area contributed by atoms with Gasteiger partial charge in [0.05, 0.1) is 7.11 Å². The van der Waals surface area contributed by atoms with Crippen LogP contribution in [0.15, 0.2) is 0 Å². The van der Waals surface area contributed by atoms with Crippen LogP contribution in [0, 0.1) is 5.41 Å². The number of aromatic nitrogens is 3. The Morgan fingerprint density at radius 2 is 1.87 bits per heavy atom. The lowest BCUT2D eigenvalue weighted by atomic mass is 9.92. The van der Waals surface area contributed by atoms with E-state index in [4.69, 9.17) is 4.74 Å². The number of methoxy groups -OCH3 is 1. The second-order valence-corrected chi connectivity index (χ2v) is 4.77. The van der Waals surface area contributed by atoms with E-state index in [-0.39, 0.29) is 5.41 Å². The van der Waals surface area contributed by atoms with Gasteiger partial charge in [0.15, 0.2) is 5.82 Å². The fourth-order valence-electron chi connectivity index (χ4n) is 1.30. The smallest absolute Gasteiger partial charge is 0.239 e. The Morgan fingerprint density at radius 1 is 1.20 bits per heavy atom. The summed E-state index contributed by atoms with van der Waals surface area (Å²) in [6.07, 6.45) is 1.60. The minimum absolute atomic E-state index is 0.167. The fourth-order valence-corrected chi connectivity index (χ4v) is 1.30. The molecule has 0 atom stereocenters. The molecule has 0 unspecified atom stereocenters. The van der Waals surface area contributed by atoms with E-state index in [1.54, 1.807) is 7.11 Å². The number of hydrogen-bond donors (Lipinski definition) is 0. The highest BCUT2D eigenvalue weighted by atomic mass is 16.5. The molecular formula is C11H19N3O. The van der Waals surface area contributed by atoms with Gasteiger partial charge in [0.1, 0.15) is 5.69 Å². The minimum Gasteiger partial charge on any atom is -0.480 e. The molecule has 84 valence electrons. The van der Waals surface area contributed by atoms with Crippen LogP contribution in [0.5, 0.6) is 5.88 Å². The first kappa shape index (κ1) is 11.9. The summed E-state index contributed by atoms with van der Waals surface area (Å²) in [7, 11) is 1.62. The molecule has 0 amide bonds. The Kier molecular flexibility index (Phi) is 3.61. The Morgan fingerprint density at radius 3 is 2.33 bits per heavy atom. The van der Waals surface area contributed by atoms with Gasteiger partial charge in [-0.25, -0.2) is 0 Å². The Hall–Kier alpha value is -1.19. The van der Waals surface area contributed by atoms with Gasteiger partial charge in [-0.15, -0.1) is 10.2 Å². The fraction of sp³-hybridized carbons (Fsp3) is 0.727. The second kappa shape index (κ2) is 4.55. The third kappa shape index (κ3) is 3.46. The van der Waals surface area contributed by atoms with E-state index in [0.29, 0.717) is 5.88 Å². The second-order valence-electron chi connectivity index (χ2n) is 4.77. The molecule has 4 nitrogen and oxygen atoms in total. The number of nitrogens with zero attached hydrogens (tertiary/aromatic N) is 3. The van der Waals surface area contributed by atoms with E-state index >= 15 is 0 Å². The van der Waals surface area contributed by atoms with E-state index in [9.17, 15) is 0 Å². The van der Waals surface area contributed by atoms with Crippen LogP contribution in [-0.2, 0) is 12.8 Å². The van der Waals surface area contributed by atoms with Gasteiger partial charge in [-0.05, 0) is 11.8 Å². The predicted octanol–water partition coefficient (Wildman–Crippen LogP) is 2.03. The average molecular weight is 209 g/mol. The van der Waals surface area contributed by atoms with Gasteiger partial charge in [0, 0.05) is 6.42 Å². The molecule has 0 N–H and O–H groups in total. The molecule has 0 aromatic carbocycles. The molecule has 1 rings (SSSR count). The monoisotopic (exact) mass is 209 g/mol. The van der Waals surface area contributed by atoms with Crippen LogP contribution in [0.3, 0.4) is 0 Å². The number of rotatable bonds is 3. The van der Waals surface area contributed by atoms with Crippen LogP contribution < -0.4 is 4.74 Å². The Labute approximate surface area is 91.1 Å². The molecule has 1 aromatic heterocycles. The predicted molar refractivity (Wildman–Crippen MR) is 58.9 cm³/mol. The lowest BCUT2D eigenvalue weighted by Gasteiger charge is -2.16. The molecule has 0 aliphatic heterocycles. The van der Waals surface area contributed by atoms with Crippen LogP contribution in [0.25, 0.3) is 0 Å². The first-order valence-corrected chi connectivity index (χ1v) is 5.22. The molecule has 1 aromatic rings. The van der Waals surface area contributed by atoms with Crippen molar-refractivity contribution in [3.8, 4) is 5.88 Å². The van der Waals surface area contributed by atoms with Crippen LogP contribution in [0.4, 0.5) is 0 Å². The summed E-state index contributed by atoms with van der Waals surface area (Å²) in [4.78, 5) is 4.35. The zero-order chi connectivity index (χ0) is 11.5. The molecule has 0 fully saturated rings. The molecular weight excluding hydrogens is 190 g/mol. The first-order chi connectivity index (χ1) is 6.96. The van der Waals surface area contributed by atoms with Gasteiger partial charge >= 0.3 is 0 Å². The number of ether oxygens (including phenoxy) is 1. The van der Waals surface area contributed by atoms with E-state index in [0.717, 1.165) is 24.4 Å². The average Bonchev–Trinajstić information content (AvgIpc) is 2.15. The molecule has 0 bridgehead atoms. The Bertz CT molecular complexity index is 331. The molecule has 0 spiro atoms. The van der Waals surface area contributed by atoms with E-state index < -0.39 is 0 Å². The highest BCUT2D eigenvalue weighted by molar-refractivity contribution is 5.17. The molecule has 0 aliphatic carbocycles. The van der Waals surface area contributed by atoms with Crippen molar-refractivity contribution in [3.63, 3.8) is 0 Å². The number of hydrogen-bond acceptors (Lipinski definition) is 4. The maximum atomic E-state index is 5.18. The van der Waals surface area contributed by atoms with Gasteiger partial charge in [0.25, 0.3) is 0 Å². The van der Waals surface area contributed by atoms with Gasteiger partial charge < -0.3 is 4.74 Å². The summed E-state index contributed by atoms with van der Waals surface area (Å²) in [5, 5.41) is 8.22. The standard InChI is InChI=1S/C11H19N3O/c1-6-8-10(15-5)12-9(14-13-8)7-11(2,3)4/h6-7H2,1-5H3. The van der Waals surface area contributed by atoms with Crippen LogP contribution in [-0.4, -0.2) is 22.3 Å². The summed E-state index contributed by atoms with van der Waals surface area (Å²) < 4.78 is 5.18. The molecule has 0 saturated carbocycles. The lowest BCUT2D eigenvalue weighted by Crippen LogP contribution is -2.14. The van der Waals surface area contributed by atoms with E-state index in [1.165, 1.54) is 0 Å². The SMILES string of the molecule is CCc1nnc(CC(C)(C)C)nc1OC. The molecule has 0 saturated heterocycles. The third-order valence-electron chi connectivity index (χ3n) is 1.98. The zero-order valence-electron chi connectivity index (χ0n) is 10.2. The van der Waals surface area contributed by atoms with Gasteiger partial charge in [0.2, 0.25) is 5.88 Å². The first-order valence-electron chi connectivity index (χ1n) is 5.22. The largest absolute Gasteiger partial charge is 0.480 e. The van der Waals surface area contributed by atoms with Crippen molar-refractivity contribution in [3.05, 3.63) is 11.5 Å². The van der Waals surface area contributed by atoms with Crippen molar-refractivity contribution >= 4 is 0 Å². The lowest BCUT2D eigenvalue weighted by molar-refractivity contribution is 0.367. The van der Waals surface area contributed by atoms with Crippen LogP contribution >= 0.6 is 0 Å². The molecule has 15 heavy (non-hydrogen) atoms. The third-order valence-corrected chi connectivity index (χ3v) is 1.98. The highest BCUT2D eigenvalue weighted by Crippen LogP contribution is 2.20. The number of aryl methyl sites for hydroxylation is 1. The molecule has 0 radical (unpaired) electrons. The van der Waals surface area contributed by atoms with Crippen molar-refractivity contribution in [1.82, 2.24) is 15.2 Å². The van der Waals surface area contributed by atoms with Gasteiger partial charge in [-0.2, -0.15) is 4.98 Å². The Balaban J connectivity index is 2.93. The molecule has 4 heteroatoms. The normalized spacial score (nSPS) is 11.5. The molecule has 0 aliphatic rings. The summed E-state index contributed by atoms with van der Waals surface area (Å²) in [5.74, 6) is 1.35. The van der Waals surface area contributed by atoms with Crippen molar-refractivity contribution in [2.24, 2.45) is 5.41 Å². The zero-order valence-corrected chi connectivity index (χ0v) is 10.2. The van der Waals surface area contributed by atoms with E-state index in [2.05, 4.69) is 36.0 Å². The molecule has 1 heterocycles.